The molecule has 0 radical (unpaired) electrons. The highest BCUT2D eigenvalue weighted by atomic mass is 15.1. The monoisotopic (exact) mass is 766 g/mol. The molecule has 0 unspecified atom stereocenters. The Morgan fingerprint density at radius 1 is 0.200 bits per heavy atom. The Balaban J connectivity index is 1.04. The second-order valence-electron chi connectivity index (χ2n) is 15.0. The highest BCUT2D eigenvalue weighted by Gasteiger charge is 2.18. The van der Waals surface area contributed by atoms with Crippen molar-refractivity contribution in [3.8, 4) is 44.5 Å². The average Bonchev–Trinajstić information content (AvgIpc) is 3.34. The van der Waals surface area contributed by atoms with Crippen LogP contribution in [0.5, 0.6) is 0 Å². The summed E-state index contributed by atoms with van der Waals surface area (Å²) in [5.74, 6) is 0. The van der Waals surface area contributed by atoms with Gasteiger partial charge >= 0.3 is 0 Å². The first-order valence-corrected chi connectivity index (χ1v) is 20.5. The summed E-state index contributed by atoms with van der Waals surface area (Å²) in [5.41, 5.74) is 16.0. The van der Waals surface area contributed by atoms with Gasteiger partial charge in [0.2, 0.25) is 0 Å². The van der Waals surface area contributed by atoms with Gasteiger partial charge in [-0.2, -0.15) is 0 Å². The molecule has 0 aliphatic heterocycles. The number of hydrogen-bond donors (Lipinski definition) is 0. The molecule has 0 bridgehead atoms. The van der Waals surface area contributed by atoms with Gasteiger partial charge in [0, 0.05) is 33.8 Å². The second-order valence-corrected chi connectivity index (χ2v) is 15.0. The number of para-hydroxylation sites is 1. The Hall–Kier alpha value is -7.94. The van der Waals surface area contributed by atoms with Crippen molar-refractivity contribution in [1.29, 1.82) is 0 Å². The number of nitrogens with zero attached hydrogens (tertiary/aromatic N) is 2. The summed E-state index contributed by atoms with van der Waals surface area (Å²) < 4.78 is 0. The normalized spacial score (nSPS) is 11.0. The summed E-state index contributed by atoms with van der Waals surface area (Å²) in [6.45, 7) is 0. The molecule has 0 aliphatic carbocycles. The van der Waals surface area contributed by atoms with Gasteiger partial charge in [0.15, 0.2) is 0 Å². The first-order chi connectivity index (χ1) is 29.7. The standard InChI is InChI=1S/C58H42N2/c1-5-16-43(17-6-1)46-28-34-53(35-29-46)59(56-41-50(44-18-7-2-8-19-44)40-51(42-56)45-20-9-3-10-21-45)54-36-30-47(31-37-54)48-32-38-55(39-33-48)60(52-24-11-4-12-25-52)58-27-15-23-49-22-13-14-26-57(49)58/h1-42H. The van der Waals surface area contributed by atoms with Gasteiger partial charge in [0.1, 0.15) is 0 Å². The lowest BCUT2D eigenvalue weighted by Crippen LogP contribution is -2.10. The van der Waals surface area contributed by atoms with E-state index in [1.807, 2.05) is 0 Å². The molecule has 10 rings (SSSR count). The van der Waals surface area contributed by atoms with Crippen molar-refractivity contribution >= 4 is 44.9 Å². The third kappa shape index (κ3) is 7.46. The summed E-state index contributed by atoms with van der Waals surface area (Å²) in [7, 11) is 0. The number of benzene rings is 10. The third-order valence-corrected chi connectivity index (χ3v) is 11.2. The Morgan fingerprint density at radius 3 is 1.03 bits per heavy atom. The molecule has 0 saturated carbocycles. The molecule has 10 aromatic rings. The van der Waals surface area contributed by atoms with E-state index in [9.17, 15) is 0 Å². The molecule has 0 N–H and O–H groups in total. The van der Waals surface area contributed by atoms with Crippen LogP contribution in [0.15, 0.2) is 255 Å². The van der Waals surface area contributed by atoms with Gasteiger partial charge in [-0.15, -0.1) is 0 Å². The van der Waals surface area contributed by atoms with Gasteiger partial charge in [-0.1, -0.05) is 182 Å². The molecular weight excluding hydrogens is 725 g/mol. The van der Waals surface area contributed by atoms with Crippen LogP contribution in [0.4, 0.5) is 34.1 Å². The van der Waals surface area contributed by atoms with Crippen LogP contribution in [0.2, 0.25) is 0 Å². The number of fused-ring (bicyclic) bond motifs is 1. The number of anilines is 6. The molecule has 2 heteroatoms. The maximum Gasteiger partial charge on any atom is 0.0540 e. The number of rotatable bonds is 10. The van der Waals surface area contributed by atoms with Crippen molar-refractivity contribution in [3.05, 3.63) is 255 Å². The highest BCUT2D eigenvalue weighted by Crippen LogP contribution is 2.42. The summed E-state index contributed by atoms with van der Waals surface area (Å²) in [6, 6.07) is 91.5. The Bertz CT molecular complexity index is 2920. The lowest BCUT2D eigenvalue weighted by molar-refractivity contribution is 1.28. The Labute approximate surface area is 352 Å². The highest BCUT2D eigenvalue weighted by molar-refractivity contribution is 5.99. The number of hydrogen-bond acceptors (Lipinski definition) is 2. The SMILES string of the molecule is c1ccc(-c2ccc(N(c3ccc(-c4ccc(N(c5ccccc5)c5cccc6ccccc56)cc4)cc3)c3cc(-c4ccccc4)cc(-c4ccccc4)c3)cc2)cc1. The maximum atomic E-state index is 2.38. The van der Waals surface area contributed by atoms with Crippen LogP contribution in [0.25, 0.3) is 55.3 Å². The quantitative estimate of drug-likeness (QED) is 0.137. The van der Waals surface area contributed by atoms with Crippen molar-refractivity contribution in [2.45, 2.75) is 0 Å². The summed E-state index contributed by atoms with van der Waals surface area (Å²) in [5, 5.41) is 2.44. The molecule has 0 atom stereocenters. The molecule has 10 aromatic carbocycles. The molecule has 0 saturated heterocycles. The van der Waals surface area contributed by atoms with Crippen LogP contribution in [-0.4, -0.2) is 0 Å². The first kappa shape index (κ1) is 36.4. The van der Waals surface area contributed by atoms with E-state index >= 15 is 0 Å². The summed E-state index contributed by atoms with van der Waals surface area (Å²) >= 11 is 0. The van der Waals surface area contributed by atoms with Crippen molar-refractivity contribution in [1.82, 2.24) is 0 Å². The van der Waals surface area contributed by atoms with E-state index < -0.39 is 0 Å². The van der Waals surface area contributed by atoms with Crippen molar-refractivity contribution < 1.29 is 0 Å². The third-order valence-electron chi connectivity index (χ3n) is 11.2. The first-order valence-electron chi connectivity index (χ1n) is 20.5. The van der Waals surface area contributed by atoms with Crippen molar-refractivity contribution in [3.63, 3.8) is 0 Å². The molecular formula is C58H42N2. The van der Waals surface area contributed by atoms with E-state index in [1.165, 1.54) is 44.2 Å². The Kier molecular flexibility index (Phi) is 10.0. The van der Waals surface area contributed by atoms with Crippen molar-refractivity contribution in [2.24, 2.45) is 0 Å². The van der Waals surface area contributed by atoms with E-state index in [0.717, 1.165) is 45.3 Å². The van der Waals surface area contributed by atoms with Crippen LogP contribution in [0.1, 0.15) is 0 Å². The zero-order valence-corrected chi connectivity index (χ0v) is 33.1. The fourth-order valence-electron chi connectivity index (χ4n) is 8.23. The zero-order chi connectivity index (χ0) is 40.1. The van der Waals surface area contributed by atoms with Crippen LogP contribution in [0.3, 0.4) is 0 Å². The second kappa shape index (κ2) is 16.5. The van der Waals surface area contributed by atoms with Gasteiger partial charge in [-0.3, -0.25) is 0 Å². The molecule has 60 heavy (non-hydrogen) atoms. The molecule has 0 aliphatic rings. The molecule has 0 heterocycles. The molecule has 0 aromatic heterocycles. The van der Waals surface area contributed by atoms with E-state index in [1.54, 1.807) is 0 Å². The molecule has 2 nitrogen and oxygen atoms in total. The van der Waals surface area contributed by atoms with Gasteiger partial charge in [-0.25, -0.2) is 0 Å². The maximum absolute atomic E-state index is 2.38. The lowest BCUT2D eigenvalue weighted by atomic mass is 9.97. The van der Waals surface area contributed by atoms with Gasteiger partial charge in [-0.05, 0) is 123 Å². The van der Waals surface area contributed by atoms with Crippen LogP contribution < -0.4 is 9.80 Å². The molecule has 0 spiro atoms. The minimum atomic E-state index is 1.08. The zero-order valence-electron chi connectivity index (χ0n) is 33.1. The largest absolute Gasteiger partial charge is 0.310 e. The minimum Gasteiger partial charge on any atom is -0.310 e. The average molecular weight is 767 g/mol. The van der Waals surface area contributed by atoms with E-state index in [0.29, 0.717) is 0 Å². The van der Waals surface area contributed by atoms with Crippen molar-refractivity contribution in [2.75, 3.05) is 9.80 Å². The van der Waals surface area contributed by atoms with Gasteiger partial charge < -0.3 is 9.80 Å². The van der Waals surface area contributed by atoms with Gasteiger partial charge in [0.05, 0.1) is 5.69 Å². The summed E-state index contributed by atoms with van der Waals surface area (Å²) in [4.78, 5) is 4.73. The predicted octanol–water partition coefficient (Wildman–Crippen LogP) is 16.4. The topological polar surface area (TPSA) is 6.48 Å². The molecule has 0 amide bonds. The Morgan fingerprint density at radius 2 is 0.550 bits per heavy atom. The van der Waals surface area contributed by atoms with Crippen LogP contribution >= 0.6 is 0 Å². The van der Waals surface area contributed by atoms with E-state index in [2.05, 4.69) is 265 Å². The molecule has 284 valence electrons. The van der Waals surface area contributed by atoms with Crippen LogP contribution in [-0.2, 0) is 0 Å². The van der Waals surface area contributed by atoms with E-state index in [4.69, 9.17) is 0 Å². The van der Waals surface area contributed by atoms with E-state index in [-0.39, 0.29) is 0 Å². The lowest BCUT2D eigenvalue weighted by Gasteiger charge is -2.27. The molecule has 0 fully saturated rings. The minimum absolute atomic E-state index is 1.08. The van der Waals surface area contributed by atoms with Gasteiger partial charge in [0.25, 0.3) is 0 Å². The summed E-state index contributed by atoms with van der Waals surface area (Å²) in [6.07, 6.45) is 0. The fraction of sp³-hybridized carbons (Fsp3) is 0. The smallest absolute Gasteiger partial charge is 0.0540 e. The fourth-order valence-corrected chi connectivity index (χ4v) is 8.23. The predicted molar refractivity (Wildman–Crippen MR) is 255 cm³/mol. The van der Waals surface area contributed by atoms with Crippen LogP contribution in [0, 0.1) is 0 Å².